The number of halogens is 1. The molecule has 236 valence electrons. The Balaban J connectivity index is 1.81. The number of unbranched alkanes of at least 4 members (excludes halogenated alkanes) is 1. The highest BCUT2D eigenvalue weighted by atomic mass is 35.5. The average molecular weight is 646 g/mol. The number of amides is 2. The Labute approximate surface area is 271 Å². The third-order valence-corrected chi connectivity index (χ3v) is 9.58. The minimum absolute atomic E-state index is 0.0514. The van der Waals surface area contributed by atoms with E-state index in [-0.39, 0.29) is 23.8 Å². The quantitative estimate of drug-likeness (QED) is 0.155. The van der Waals surface area contributed by atoms with Gasteiger partial charge < -0.3 is 10.2 Å². The maximum Gasteiger partial charge on any atom is 0.264 e. The van der Waals surface area contributed by atoms with Crippen LogP contribution in [0.25, 0.3) is 0 Å². The summed E-state index contributed by atoms with van der Waals surface area (Å²) in [6.45, 7) is 5.85. The molecule has 4 aromatic carbocycles. The molecule has 7 nitrogen and oxygen atoms in total. The van der Waals surface area contributed by atoms with Crippen molar-refractivity contribution in [3.8, 4) is 0 Å². The van der Waals surface area contributed by atoms with Gasteiger partial charge in [-0.05, 0) is 67.3 Å². The molecular formula is C36H40ClN3O4S. The molecule has 2 amide bonds. The first-order chi connectivity index (χ1) is 21.6. The van der Waals surface area contributed by atoms with Gasteiger partial charge in [0, 0.05) is 24.5 Å². The molecule has 0 heterocycles. The van der Waals surface area contributed by atoms with Crippen LogP contribution in [-0.2, 0) is 32.6 Å². The van der Waals surface area contributed by atoms with Crippen LogP contribution in [0, 0.1) is 13.8 Å². The van der Waals surface area contributed by atoms with E-state index in [2.05, 4.69) is 5.32 Å². The molecule has 9 heteroatoms. The number of nitrogens with one attached hydrogen (secondary N) is 1. The number of rotatable bonds is 14. The molecule has 0 radical (unpaired) electrons. The fraction of sp³-hybridized carbons (Fsp3) is 0.278. The second-order valence-electron chi connectivity index (χ2n) is 11.1. The number of carbonyl (C=O) groups is 2. The van der Waals surface area contributed by atoms with Crippen molar-refractivity contribution in [1.29, 1.82) is 0 Å². The lowest BCUT2D eigenvalue weighted by atomic mass is 10.0. The second kappa shape index (κ2) is 15.7. The molecule has 0 saturated carbocycles. The zero-order chi connectivity index (χ0) is 32.4. The van der Waals surface area contributed by atoms with Crippen molar-refractivity contribution in [3.05, 3.63) is 130 Å². The van der Waals surface area contributed by atoms with Crippen LogP contribution in [0.1, 0.15) is 42.0 Å². The third-order valence-electron chi connectivity index (χ3n) is 7.57. The summed E-state index contributed by atoms with van der Waals surface area (Å²) in [7, 11) is -4.18. The zero-order valence-corrected chi connectivity index (χ0v) is 27.5. The lowest BCUT2D eigenvalue weighted by molar-refractivity contribution is -0.140. The Morgan fingerprint density at radius 2 is 1.51 bits per heavy atom. The van der Waals surface area contributed by atoms with E-state index in [1.165, 1.54) is 17.0 Å². The molecule has 0 unspecified atom stereocenters. The minimum Gasteiger partial charge on any atom is -0.354 e. The van der Waals surface area contributed by atoms with Crippen LogP contribution in [0.15, 0.2) is 108 Å². The fourth-order valence-corrected chi connectivity index (χ4v) is 6.93. The van der Waals surface area contributed by atoms with Gasteiger partial charge in [0.25, 0.3) is 10.0 Å². The largest absolute Gasteiger partial charge is 0.354 e. The van der Waals surface area contributed by atoms with Crippen molar-refractivity contribution < 1.29 is 18.0 Å². The predicted octanol–water partition coefficient (Wildman–Crippen LogP) is 6.71. The van der Waals surface area contributed by atoms with Gasteiger partial charge >= 0.3 is 0 Å². The molecule has 0 bridgehead atoms. The predicted molar refractivity (Wildman–Crippen MR) is 181 cm³/mol. The summed E-state index contributed by atoms with van der Waals surface area (Å²) in [6.07, 6.45) is 1.97. The van der Waals surface area contributed by atoms with Crippen LogP contribution in [0.3, 0.4) is 0 Å². The van der Waals surface area contributed by atoms with E-state index < -0.39 is 28.5 Å². The molecule has 0 aliphatic heterocycles. The summed E-state index contributed by atoms with van der Waals surface area (Å²) in [5, 5.41) is 3.46. The molecule has 4 aromatic rings. The number of nitrogens with zero attached hydrogens (tertiary/aromatic N) is 2. The van der Waals surface area contributed by atoms with E-state index in [1.807, 2.05) is 68.4 Å². The molecular weight excluding hydrogens is 606 g/mol. The van der Waals surface area contributed by atoms with Crippen LogP contribution < -0.4 is 9.62 Å². The molecule has 0 aliphatic carbocycles. The Hall–Kier alpha value is -4.14. The standard InChI is InChI=1S/C36H40ClN3O4S/c1-4-5-21-38-36(42)34(24-29-14-8-6-9-15-29)39(25-30-16-12-13-27(2)22-30)35(41)26-40(33-20-19-31(37)23-28(33)3)45(43,44)32-17-10-7-11-18-32/h6-20,22-23,34H,4-5,21,24-26H2,1-3H3,(H,38,42)/t34-/m0/s1. The second-order valence-corrected chi connectivity index (χ2v) is 13.4. The highest BCUT2D eigenvalue weighted by Gasteiger charge is 2.35. The van der Waals surface area contributed by atoms with Gasteiger partial charge in [0.15, 0.2) is 0 Å². The van der Waals surface area contributed by atoms with E-state index in [0.717, 1.165) is 33.8 Å². The van der Waals surface area contributed by atoms with Gasteiger partial charge in [-0.1, -0.05) is 103 Å². The number of hydrogen-bond acceptors (Lipinski definition) is 4. The SMILES string of the molecule is CCCCNC(=O)[C@H](Cc1ccccc1)N(Cc1cccc(C)c1)C(=O)CN(c1ccc(Cl)cc1C)S(=O)(=O)c1ccccc1. The molecule has 1 atom stereocenters. The van der Waals surface area contributed by atoms with Crippen molar-refractivity contribution in [2.45, 2.75) is 57.5 Å². The van der Waals surface area contributed by atoms with Crippen LogP contribution in [0.5, 0.6) is 0 Å². The number of aryl methyl sites for hydroxylation is 2. The summed E-state index contributed by atoms with van der Waals surface area (Å²) in [4.78, 5) is 30.0. The lowest BCUT2D eigenvalue weighted by Gasteiger charge is -2.34. The molecule has 0 aromatic heterocycles. The third kappa shape index (κ3) is 8.96. The van der Waals surface area contributed by atoms with E-state index >= 15 is 0 Å². The normalized spacial score (nSPS) is 11.9. The monoisotopic (exact) mass is 645 g/mol. The van der Waals surface area contributed by atoms with Crippen molar-refractivity contribution in [1.82, 2.24) is 10.2 Å². The first kappa shape index (κ1) is 33.7. The highest BCUT2D eigenvalue weighted by molar-refractivity contribution is 7.92. The van der Waals surface area contributed by atoms with Crippen LogP contribution in [-0.4, -0.2) is 44.3 Å². The number of carbonyl (C=O) groups excluding carboxylic acids is 2. The highest BCUT2D eigenvalue weighted by Crippen LogP contribution is 2.29. The summed E-state index contributed by atoms with van der Waals surface area (Å²) in [5.41, 5.74) is 3.66. The molecule has 0 aliphatic rings. The number of benzene rings is 4. The van der Waals surface area contributed by atoms with Crippen molar-refractivity contribution in [2.75, 3.05) is 17.4 Å². The lowest BCUT2D eigenvalue weighted by Crippen LogP contribution is -2.53. The Morgan fingerprint density at radius 3 is 2.16 bits per heavy atom. The fourth-order valence-electron chi connectivity index (χ4n) is 5.20. The van der Waals surface area contributed by atoms with Crippen molar-refractivity contribution in [2.24, 2.45) is 0 Å². The van der Waals surface area contributed by atoms with E-state index in [9.17, 15) is 18.0 Å². The summed E-state index contributed by atoms with van der Waals surface area (Å²) in [5.74, 6) is -0.787. The van der Waals surface area contributed by atoms with E-state index in [0.29, 0.717) is 22.8 Å². The van der Waals surface area contributed by atoms with Gasteiger partial charge in [0.05, 0.1) is 10.6 Å². The molecule has 0 spiro atoms. The maximum absolute atomic E-state index is 14.6. The van der Waals surface area contributed by atoms with Gasteiger partial charge in [-0.25, -0.2) is 8.42 Å². The van der Waals surface area contributed by atoms with Crippen LogP contribution in [0.4, 0.5) is 5.69 Å². The Bertz CT molecular complexity index is 1700. The van der Waals surface area contributed by atoms with Gasteiger partial charge in [0.2, 0.25) is 11.8 Å². The summed E-state index contributed by atoms with van der Waals surface area (Å²) < 4.78 is 29.4. The number of sulfonamides is 1. The number of anilines is 1. The van der Waals surface area contributed by atoms with Gasteiger partial charge in [-0.15, -0.1) is 0 Å². The minimum atomic E-state index is -4.18. The Kier molecular flexibility index (Phi) is 11.8. The van der Waals surface area contributed by atoms with Gasteiger partial charge in [-0.3, -0.25) is 13.9 Å². The first-order valence-electron chi connectivity index (χ1n) is 15.1. The molecule has 0 fully saturated rings. The van der Waals surface area contributed by atoms with E-state index in [4.69, 9.17) is 11.6 Å². The maximum atomic E-state index is 14.6. The van der Waals surface area contributed by atoms with Gasteiger partial charge in [-0.2, -0.15) is 0 Å². The molecule has 45 heavy (non-hydrogen) atoms. The molecule has 4 rings (SSSR count). The summed E-state index contributed by atoms with van der Waals surface area (Å²) >= 11 is 6.23. The topological polar surface area (TPSA) is 86.8 Å². The van der Waals surface area contributed by atoms with Crippen LogP contribution in [0.2, 0.25) is 5.02 Å². The smallest absolute Gasteiger partial charge is 0.264 e. The van der Waals surface area contributed by atoms with Crippen molar-refractivity contribution in [3.63, 3.8) is 0 Å². The zero-order valence-electron chi connectivity index (χ0n) is 25.9. The van der Waals surface area contributed by atoms with Crippen LogP contribution >= 0.6 is 11.6 Å². The van der Waals surface area contributed by atoms with Gasteiger partial charge in [0.1, 0.15) is 12.6 Å². The molecule has 0 saturated heterocycles. The Morgan fingerprint density at radius 1 is 0.844 bits per heavy atom. The number of hydrogen-bond donors (Lipinski definition) is 1. The van der Waals surface area contributed by atoms with E-state index in [1.54, 1.807) is 43.3 Å². The average Bonchev–Trinajstić information content (AvgIpc) is 3.03. The summed E-state index contributed by atoms with van der Waals surface area (Å²) in [6, 6.07) is 29.3. The first-order valence-corrected chi connectivity index (χ1v) is 16.9. The molecule has 1 N–H and O–H groups in total. The van der Waals surface area contributed by atoms with Crippen molar-refractivity contribution >= 4 is 39.1 Å².